The normalized spacial score (nSPS) is 11.6. The smallest absolute Gasteiger partial charge is 0.348 e. The fourth-order valence-electron chi connectivity index (χ4n) is 1.90. The number of esters is 1. The van der Waals surface area contributed by atoms with Crippen LogP contribution in [0.25, 0.3) is 16.2 Å². The molecule has 0 N–H and O–H groups in total. The number of carbonyl (C=O) groups is 1. The van der Waals surface area contributed by atoms with Crippen molar-refractivity contribution < 1.29 is 9.53 Å². The van der Waals surface area contributed by atoms with E-state index >= 15 is 0 Å². The lowest BCUT2D eigenvalue weighted by molar-refractivity contribution is 0.0606. The maximum absolute atomic E-state index is 11.6. The number of hydrogen-bond acceptors (Lipinski definition) is 3. The van der Waals surface area contributed by atoms with Crippen molar-refractivity contribution >= 4 is 33.5 Å². The number of fused-ring (bicyclic) bond motifs is 1. The first-order chi connectivity index (χ1) is 9.11. The first-order valence-corrected chi connectivity index (χ1v) is 7.21. The van der Waals surface area contributed by atoms with E-state index in [4.69, 9.17) is 4.74 Å². The highest BCUT2D eigenvalue weighted by atomic mass is 32.1. The van der Waals surface area contributed by atoms with Crippen LogP contribution in [0.2, 0.25) is 0 Å². The number of allylic oxidation sites excluding steroid dienone is 1. The van der Waals surface area contributed by atoms with Crippen molar-refractivity contribution in [1.82, 2.24) is 0 Å². The molecule has 1 aromatic heterocycles. The van der Waals surface area contributed by atoms with E-state index in [0.717, 1.165) is 22.1 Å². The summed E-state index contributed by atoms with van der Waals surface area (Å²) in [5.74, 6) is 0.391. The predicted molar refractivity (Wildman–Crippen MR) is 81.7 cm³/mol. The first kappa shape index (κ1) is 13.8. The second-order valence-electron chi connectivity index (χ2n) is 4.89. The Morgan fingerprint density at radius 2 is 2.21 bits per heavy atom. The van der Waals surface area contributed by atoms with Gasteiger partial charge in [0.1, 0.15) is 4.88 Å². The Bertz CT molecular complexity index is 608. The Morgan fingerprint density at radius 3 is 2.89 bits per heavy atom. The van der Waals surface area contributed by atoms with Gasteiger partial charge in [-0.25, -0.2) is 4.79 Å². The van der Waals surface area contributed by atoms with Crippen molar-refractivity contribution in [3.05, 3.63) is 40.8 Å². The molecule has 0 aliphatic heterocycles. The van der Waals surface area contributed by atoms with Gasteiger partial charge in [0.25, 0.3) is 0 Å². The lowest BCUT2D eigenvalue weighted by Gasteiger charge is -1.99. The summed E-state index contributed by atoms with van der Waals surface area (Å²) in [6.45, 7) is 4.40. The molecule has 2 aromatic rings. The second kappa shape index (κ2) is 6.02. The van der Waals surface area contributed by atoms with Gasteiger partial charge in [0, 0.05) is 10.1 Å². The van der Waals surface area contributed by atoms with Crippen LogP contribution in [-0.4, -0.2) is 13.1 Å². The quantitative estimate of drug-likeness (QED) is 0.752. The fourth-order valence-corrected chi connectivity index (χ4v) is 2.91. The van der Waals surface area contributed by atoms with E-state index in [1.807, 2.05) is 18.2 Å². The lowest BCUT2D eigenvalue weighted by Crippen LogP contribution is -1.96. The molecule has 3 heteroatoms. The topological polar surface area (TPSA) is 26.3 Å². The van der Waals surface area contributed by atoms with E-state index in [9.17, 15) is 4.79 Å². The summed E-state index contributed by atoms with van der Waals surface area (Å²) in [4.78, 5) is 12.2. The molecule has 2 rings (SSSR count). The van der Waals surface area contributed by atoms with Crippen LogP contribution in [-0.2, 0) is 4.74 Å². The van der Waals surface area contributed by atoms with Crippen molar-refractivity contribution in [3.63, 3.8) is 0 Å². The Kier molecular flexibility index (Phi) is 4.38. The van der Waals surface area contributed by atoms with E-state index in [0.29, 0.717) is 10.8 Å². The highest BCUT2D eigenvalue weighted by Gasteiger charge is 2.11. The fraction of sp³-hybridized carbons (Fsp3) is 0.312. The van der Waals surface area contributed by atoms with Crippen LogP contribution >= 0.6 is 11.3 Å². The minimum absolute atomic E-state index is 0.265. The standard InChI is InChI=1S/C16H18O2S/c1-11(2)6-4-7-12-8-5-9-14-13(12)10-15(19-14)16(17)18-3/h4-5,7-11H,6H2,1-3H3/b7-4+. The molecule has 0 atom stereocenters. The third kappa shape index (κ3) is 3.24. The van der Waals surface area contributed by atoms with Crippen molar-refractivity contribution in [2.45, 2.75) is 20.3 Å². The van der Waals surface area contributed by atoms with Crippen LogP contribution < -0.4 is 0 Å². The number of methoxy groups -OCH3 is 1. The maximum atomic E-state index is 11.6. The summed E-state index contributed by atoms with van der Waals surface area (Å²) in [5.41, 5.74) is 1.16. The van der Waals surface area contributed by atoms with Gasteiger partial charge in [-0.1, -0.05) is 38.1 Å². The Hall–Kier alpha value is -1.61. The van der Waals surface area contributed by atoms with Gasteiger partial charge < -0.3 is 4.74 Å². The summed E-state index contributed by atoms with van der Waals surface area (Å²) in [6.07, 6.45) is 5.38. The molecule has 0 fully saturated rings. The molecular weight excluding hydrogens is 256 g/mol. The number of ether oxygens (including phenoxy) is 1. The monoisotopic (exact) mass is 274 g/mol. The third-order valence-electron chi connectivity index (χ3n) is 2.89. The highest BCUT2D eigenvalue weighted by Crippen LogP contribution is 2.29. The zero-order valence-electron chi connectivity index (χ0n) is 11.5. The highest BCUT2D eigenvalue weighted by molar-refractivity contribution is 7.20. The number of rotatable bonds is 4. The van der Waals surface area contributed by atoms with Crippen LogP contribution in [0, 0.1) is 5.92 Å². The molecule has 1 aromatic carbocycles. The van der Waals surface area contributed by atoms with E-state index < -0.39 is 0 Å². The molecule has 0 radical (unpaired) electrons. The minimum Gasteiger partial charge on any atom is -0.465 e. The number of hydrogen-bond donors (Lipinski definition) is 0. The van der Waals surface area contributed by atoms with E-state index in [1.54, 1.807) is 0 Å². The van der Waals surface area contributed by atoms with Crippen LogP contribution in [0.4, 0.5) is 0 Å². The van der Waals surface area contributed by atoms with Crippen LogP contribution in [0.3, 0.4) is 0 Å². The summed E-state index contributed by atoms with van der Waals surface area (Å²) in [7, 11) is 1.41. The molecule has 0 aliphatic rings. The van der Waals surface area contributed by atoms with Gasteiger partial charge in [-0.2, -0.15) is 0 Å². The number of thiophene rings is 1. The molecule has 0 unspecified atom stereocenters. The lowest BCUT2D eigenvalue weighted by atomic mass is 10.1. The van der Waals surface area contributed by atoms with Gasteiger partial charge in [0.05, 0.1) is 7.11 Å². The maximum Gasteiger partial charge on any atom is 0.348 e. The second-order valence-corrected chi connectivity index (χ2v) is 5.98. The van der Waals surface area contributed by atoms with E-state index in [2.05, 4.69) is 32.1 Å². The Balaban J connectivity index is 2.36. The van der Waals surface area contributed by atoms with Gasteiger partial charge in [0.15, 0.2) is 0 Å². The molecule has 0 bridgehead atoms. The van der Waals surface area contributed by atoms with Gasteiger partial charge in [-0.05, 0) is 30.0 Å². The van der Waals surface area contributed by atoms with Gasteiger partial charge in [-0.15, -0.1) is 11.3 Å². The molecular formula is C16H18O2S. The molecule has 2 nitrogen and oxygen atoms in total. The first-order valence-electron chi connectivity index (χ1n) is 6.39. The summed E-state index contributed by atoms with van der Waals surface area (Å²) >= 11 is 1.48. The molecule has 0 amide bonds. The third-order valence-corrected chi connectivity index (χ3v) is 3.97. The van der Waals surface area contributed by atoms with Gasteiger partial charge >= 0.3 is 5.97 Å². The van der Waals surface area contributed by atoms with Gasteiger partial charge in [-0.3, -0.25) is 0 Å². The van der Waals surface area contributed by atoms with Crippen molar-refractivity contribution in [3.8, 4) is 0 Å². The van der Waals surface area contributed by atoms with Crippen LogP contribution in [0.5, 0.6) is 0 Å². The molecule has 0 spiro atoms. The summed E-state index contributed by atoms with van der Waals surface area (Å²) < 4.78 is 5.89. The van der Waals surface area contributed by atoms with E-state index in [1.165, 1.54) is 18.4 Å². The Morgan fingerprint density at radius 1 is 1.42 bits per heavy atom. The molecule has 100 valence electrons. The average molecular weight is 274 g/mol. The zero-order valence-corrected chi connectivity index (χ0v) is 12.3. The van der Waals surface area contributed by atoms with Crippen LogP contribution in [0.15, 0.2) is 30.3 Å². The summed E-state index contributed by atoms with van der Waals surface area (Å²) in [5, 5.41) is 1.12. The van der Waals surface area contributed by atoms with Gasteiger partial charge in [0.2, 0.25) is 0 Å². The van der Waals surface area contributed by atoms with Crippen molar-refractivity contribution in [2.24, 2.45) is 5.92 Å². The molecule has 0 saturated heterocycles. The van der Waals surface area contributed by atoms with Crippen LogP contribution in [0.1, 0.15) is 35.5 Å². The minimum atomic E-state index is -0.265. The molecule has 0 saturated carbocycles. The molecule has 1 heterocycles. The van der Waals surface area contributed by atoms with E-state index in [-0.39, 0.29) is 5.97 Å². The SMILES string of the molecule is COC(=O)c1cc2c(/C=C/CC(C)C)cccc2s1. The largest absolute Gasteiger partial charge is 0.465 e. The number of benzene rings is 1. The van der Waals surface area contributed by atoms with Crippen molar-refractivity contribution in [1.29, 1.82) is 0 Å². The van der Waals surface area contributed by atoms with Crippen molar-refractivity contribution in [2.75, 3.05) is 7.11 Å². The number of carbonyl (C=O) groups excluding carboxylic acids is 1. The summed E-state index contributed by atoms with van der Waals surface area (Å²) in [6, 6.07) is 8.05. The molecule has 19 heavy (non-hydrogen) atoms. The Labute approximate surface area is 117 Å². The average Bonchev–Trinajstić information content (AvgIpc) is 2.82. The predicted octanol–water partition coefficient (Wildman–Crippen LogP) is 4.75. The zero-order chi connectivity index (χ0) is 13.8. The molecule has 0 aliphatic carbocycles.